The van der Waals surface area contributed by atoms with Crippen LogP contribution in [-0.2, 0) is 0 Å². The summed E-state index contributed by atoms with van der Waals surface area (Å²) in [5, 5.41) is 12.6. The van der Waals surface area contributed by atoms with Gasteiger partial charge in [0.2, 0.25) is 0 Å². The van der Waals surface area contributed by atoms with E-state index in [1.165, 1.54) is 19.2 Å². The number of para-hydroxylation sites is 4. The molecule has 0 aliphatic carbocycles. The molecule has 134 valence electrons. The standard InChI is InChI=1S/C21H17N3O3/c1-27-20-12-14(10-11-19(20)25)21(26)23-16-7-3-5-9-18(16)24-13-22-15-6-2-4-8-17(15)24/h2-13,25H,1H3,(H,23,26). The van der Waals surface area contributed by atoms with Crippen molar-refractivity contribution in [3.05, 3.63) is 78.6 Å². The quantitative estimate of drug-likeness (QED) is 0.578. The Morgan fingerprint density at radius 3 is 2.70 bits per heavy atom. The Kier molecular flexibility index (Phi) is 4.22. The molecule has 0 aliphatic rings. The summed E-state index contributed by atoms with van der Waals surface area (Å²) >= 11 is 0. The third-order valence-electron chi connectivity index (χ3n) is 4.31. The summed E-state index contributed by atoms with van der Waals surface area (Å²) in [5.41, 5.74) is 3.67. The molecule has 4 rings (SSSR count). The minimum atomic E-state index is -0.301. The van der Waals surface area contributed by atoms with Gasteiger partial charge in [-0.2, -0.15) is 0 Å². The van der Waals surface area contributed by atoms with E-state index < -0.39 is 0 Å². The zero-order valence-electron chi connectivity index (χ0n) is 14.6. The van der Waals surface area contributed by atoms with Gasteiger partial charge in [0.25, 0.3) is 5.91 Å². The van der Waals surface area contributed by atoms with Crippen LogP contribution in [0.3, 0.4) is 0 Å². The maximum atomic E-state index is 12.7. The number of phenolic OH excluding ortho intramolecular Hbond substituents is 1. The van der Waals surface area contributed by atoms with Crippen molar-refractivity contribution in [1.82, 2.24) is 9.55 Å². The van der Waals surface area contributed by atoms with Crippen molar-refractivity contribution in [2.75, 3.05) is 12.4 Å². The molecule has 4 aromatic rings. The number of nitrogens with zero attached hydrogens (tertiary/aromatic N) is 2. The molecule has 0 atom stereocenters. The number of aromatic hydroxyl groups is 1. The molecular formula is C21H17N3O3. The molecule has 1 heterocycles. The second kappa shape index (κ2) is 6.84. The largest absolute Gasteiger partial charge is 0.504 e. The lowest BCUT2D eigenvalue weighted by Gasteiger charge is -2.13. The normalized spacial score (nSPS) is 10.7. The number of amides is 1. The first-order valence-corrected chi connectivity index (χ1v) is 8.37. The summed E-state index contributed by atoms with van der Waals surface area (Å²) in [7, 11) is 1.44. The van der Waals surface area contributed by atoms with E-state index in [2.05, 4.69) is 10.3 Å². The van der Waals surface area contributed by atoms with Crippen LogP contribution in [0.15, 0.2) is 73.1 Å². The Hall–Kier alpha value is -3.80. The molecule has 6 heteroatoms. The molecule has 0 bridgehead atoms. The highest BCUT2D eigenvalue weighted by Crippen LogP contribution is 2.28. The van der Waals surface area contributed by atoms with E-state index >= 15 is 0 Å². The number of aromatic nitrogens is 2. The molecule has 2 N–H and O–H groups in total. The number of imidazole rings is 1. The maximum Gasteiger partial charge on any atom is 0.255 e. The summed E-state index contributed by atoms with van der Waals surface area (Å²) < 4.78 is 7.01. The van der Waals surface area contributed by atoms with Crippen molar-refractivity contribution in [3.8, 4) is 17.2 Å². The monoisotopic (exact) mass is 359 g/mol. The number of methoxy groups -OCH3 is 1. The van der Waals surface area contributed by atoms with Gasteiger partial charge < -0.3 is 15.2 Å². The molecule has 0 saturated carbocycles. The maximum absolute atomic E-state index is 12.7. The van der Waals surface area contributed by atoms with Gasteiger partial charge in [0.15, 0.2) is 11.5 Å². The number of phenols is 1. The first-order valence-electron chi connectivity index (χ1n) is 8.37. The number of hydrogen-bond acceptors (Lipinski definition) is 4. The predicted molar refractivity (Wildman–Crippen MR) is 104 cm³/mol. The highest BCUT2D eigenvalue weighted by Gasteiger charge is 2.14. The zero-order valence-corrected chi connectivity index (χ0v) is 14.6. The number of carbonyl (C=O) groups is 1. The number of ether oxygens (including phenoxy) is 1. The van der Waals surface area contributed by atoms with E-state index in [-0.39, 0.29) is 17.4 Å². The number of fused-ring (bicyclic) bond motifs is 1. The minimum absolute atomic E-state index is 0.0145. The van der Waals surface area contributed by atoms with Crippen molar-refractivity contribution >= 4 is 22.6 Å². The number of nitrogens with one attached hydrogen (secondary N) is 1. The molecule has 3 aromatic carbocycles. The van der Waals surface area contributed by atoms with Gasteiger partial charge >= 0.3 is 0 Å². The molecule has 0 saturated heterocycles. The van der Waals surface area contributed by atoms with E-state index in [0.717, 1.165) is 16.7 Å². The molecule has 1 aromatic heterocycles. The topological polar surface area (TPSA) is 76.4 Å². The number of carbonyl (C=O) groups excluding carboxylic acids is 1. The van der Waals surface area contributed by atoms with E-state index in [1.54, 1.807) is 12.4 Å². The third kappa shape index (κ3) is 3.08. The second-order valence-electron chi connectivity index (χ2n) is 5.96. The van der Waals surface area contributed by atoms with Crippen LogP contribution in [0.5, 0.6) is 11.5 Å². The van der Waals surface area contributed by atoms with Crippen LogP contribution in [0, 0.1) is 0 Å². The van der Waals surface area contributed by atoms with Gasteiger partial charge in [-0.3, -0.25) is 9.36 Å². The SMILES string of the molecule is COc1cc(C(=O)Nc2ccccc2-n2cnc3ccccc32)ccc1O. The summed E-state index contributed by atoms with van der Waals surface area (Å²) in [6, 6.07) is 19.8. The summed E-state index contributed by atoms with van der Waals surface area (Å²) in [4.78, 5) is 17.1. The van der Waals surface area contributed by atoms with Gasteiger partial charge in [0.05, 0.1) is 29.5 Å². The first-order chi connectivity index (χ1) is 13.2. The van der Waals surface area contributed by atoms with Crippen LogP contribution in [0.1, 0.15) is 10.4 Å². The number of anilines is 1. The molecule has 0 spiro atoms. The Balaban J connectivity index is 1.71. The van der Waals surface area contributed by atoms with Crippen molar-refractivity contribution in [3.63, 3.8) is 0 Å². The molecular weight excluding hydrogens is 342 g/mol. The molecule has 0 fully saturated rings. The fourth-order valence-corrected chi connectivity index (χ4v) is 2.95. The fourth-order valence-electron chi connectivity index (χ4n) is 2.95. The Morgan fingerprint density at radius 2 is 1.85 bits per heavy atom. The van der Waals surface area contributed by atoms with E-state index in [0.29, 0.717) is 11.3 Å². The highest BCUT2D eigenvalue weighted by atomic mass is 16.5. The van der Waals surface area contributed by atoms with Crippen LogP contribution in [0.4, 0.5) is 5.69 Å². The summed E-state index contributed by atoms with van der Waals surface area (Å²) in [6.45, 7) is 0. The summed E-state index contributed by atoms with van der Waals surface area (Å²) in [6.07, 6.45) is 1.74. The lowest BCUT2D eigenvalue weighted by Crippen LogP contribution is -2.13. The van der Waals surface area contributed by atoms with Gasteiger partial charge in [0, 0.05) is 5.56 Å². The third-order valence-corrected chi connectivity index (χ3v) is 4.31. The van der Waals surface area contributed by atoms with E-state index in [9.17, 15) is 9.90 Å². The number of rotatable bonds is 4. The smallest absolute Gasteiger partial charge is 0.255 e. The van der Waals surface area contributed by atoms with Gasteiger partial charge in [-0.1, -0.05) is 24.3 Å². The first kappa shape index (κ1) is 16.7. The molecule has 0 radical (unpaired) electrons. The Bertz CT molecular complexity index is 1130. The molecule has 0 aliphatic heterocycles. The molecule has 6 nitrogen and oxygen atoms in total. The van der Waals surface area contributed by atoms with Crippen LogP contribution < -0.4 is 10.1 Å². The van der Waals surface area contributed by atoms with Gasteiger partial charge in [-0.05, 0) is 42.5 Å². The Labute approximate surface area is 155 Å². The van der Waals surface area contributed by atoms with Crippen molar-refractivity contribution in [2.24, 2.45) is 0 Å². The van der Waals surface area contributed by atoms with Crippen molar-refractivity contribution in [2.45, 2.75) is 0 Å². The summed E-state index contributed by atoms with van der Waals surface area (Å²) in [5.74, 6) is -0.0685. The minimum Gasteiger partial charge on any atom is -0.504 e. The lowest BCUT2D eigenvalue weighted by molar-refractivity contribution is 0.102. The van der Waals surface area contributed by atoms with Crippen LogP contribution >= 0.6 is 0 Å². The van der Waals surface area contributed by atoms with Gasteiger partial charge in [-0.25, -0.2) is 4.98 Å². The molecule has 0 unspecified atom stereocenters. The average molecular weight is 359 g/mol. The van der Waals surface area contributed by atoms with Crippen LogP contribution in [0.2, 0.25) is 0 Å². The molecule has 27 heavy (non-hydrogen) atoms. The second-order valence-corrected chi connectivity index (χ2v) is 5.96. The number of hydrogen-bond donors (Lipinski definition) is 2. The predicted octanol–water partition coefficient (Wildman–Crippen LogP) is 3.99. The van der Waals surface area contributed by atoms with Crippen molar-refractivity contribution < 1.29 is 14.6 Å². The number of benzene rings is 3. The average Bonchev–Trinajstić information content (AvgIpc) is 3.12. The zero-order chi connectivity index (χ0) is 18.8. The molecule has 1 amide bonds. The van der Waals surface area contributed by atoms with Gasteiger partial charge in [0.1, 0.15) is 6.33 Å². The van der Waals surface area contributed by atoms with E-state index in [1.807, 2.05) is 53.1 Å². The lowest BCUT2D eigenvalue weighted by atomic mass is 10.1. The highest BCUT2D eigenvalue weighted by molar-refractivity contribution is 6.05. The van der Waals surface area contributed by atoms with Gasteiger partial charge in [-0.15, -0.1) is 0 Å². The van der Waals surface area contributed by atoms with Crippen LogP contribution in [-0.4, -0.2) is 27.7 Å². The van der Waals surface area contributed by atoms with Crippen molar-refractivity contribution in [1.29, 1.82) is 0 Å². The fraction of sp³-hybridized carbons (Fsp3) is 0.0476. The Morgan fingerprint density at radius 1 is 1.07 bits per heavy atom. The van der Waals surface area contributed by atoms with E-state index in [4.69, 9.17) is 4.74 Å². The van der Waals surface area contributed by atoms with Crippen LogP contribution in [0.25, 0.3) is 16.7 Å².